The van der Waals surface area contributed by atoms with Gasteiger partial charge in [-0.25, -0.2) is 0 Å². The van der Waals surface area contributed by atoms with Gasteiger partial charge in [0, 0.05) is 11.4 Å². The van der Waals surface area contributed by atoms with Crippen LogP contribution in [-0.4, -0.2) is 22.9 Å². The molecule has 0 atom stereocenters. The maximum Gasteiger partial charge on any atom is 0.246 e. The van der Waals surface area contributed by atoms with Crippen molar-refractivity contribution in [1.82, 2.24) is 0 Å². The van der Waals surface area contributed by atoms with E-state index < -0.39 is 5.24 Å². The van der Waals surface area contributed by atoms with Crippen LogP contribution in [0.15, 0.2) is 60.7 Å². The first kappa shape index (κ1) is 18.5. The molecule has 0 N–H and O–H groups in total. The molecular formula is C16H14Cl3NO2. The lowest BCUT2D eigenvalue weighted by Crippen LogP contribution is -2.26. The van der Waals surface area contributed by atoms with E-state index in [4.69, 9.17) is 34.8 Å². The zero-order valence-electron chi connectivity index (χ0n) is 11.6. The van der Waals surface area contributed by atoms with Crippen molar-refractivity contribution in [2.45, 2.75) is 0 Å². The molecule has 0 saturated carbocycles. The van der Waals surface area contributed by atoms with Gasteiger partial charge in [-0.2, -0.15) is 0 Å². The van der Waals surface area contributed by atoms with Gasteiger partial charge in [0.1, 0.15) is 5.88 Å². The smallest absolute Gasteiger partial charge is 0.246 e. The summed E-state index contributed by atoms with van der Waals surface area (Å²) in [7, 11) is 0. The van der Waals surface area contributed by atoms with Crippen molar-refractivity contribution in [2.75, 3.05) is 16.7 Å². The van der Waals surface area contributed by atoms with E-state index in [1.807, 2.05) is 60.7 Å². The minimum Gasteiger partial charge on any atom is -0.280 e. The molecule has 2 aromatic carbocycles. The molecule has 1 amide bonds. The predicted molar refractivity (Wildman–Crippen MR) is 92.3 cm³/mol. The third-order valence-electron chi connectivity index (χ3n) is 2.50. The second-order valence-electron chi connectivity index (χ2n) is 4.02. The number of benzene rings is 2. The molecule has 3 nitrogen and oxygen atoms in total. The molecule has 2 aromatic rings. The van der Waals surface area contributed by atoms with E-state index in [9.17, 15) is 9.59 Å². The second kappa shape index (κ2) is 10.2. The predicted octanol–water partition coefficient (Wildman–Crippen LogP) is 4.58. The summed E-state index contributed by atoms with van der Waals surface area (Å²) in [6, 6.07) is 19.0. The van der Waals surface area contributed by atoms with E-state index in [0.29, 0.717) is 0 Å². The standard InChI is InChI=1S/C14H12ClNO.C2H2Cl2O/c15-11-14(17)16(12-7-3-1-4-8-12)13-9-5-2-6-10-13;3-1-2(4)5/h1-10H,11H2;1H2. The van der Waals surface area contributed by atoms with Crippen LogP contribution in [0.4, 0.5) is 11.4 Å². The number of alkyl halides is 2. The summed E-state index contributed by atoms with van der Waals surface area (Å²) in [6.45, 7) is 0. The highest BCUT2D eigenvalue weighted by Gasteiger charge is 2.15. The Morgan fingerprint density at radius 1 is 0.773 bits per heavy atom. The van der Waals surface area contributed by atoms with Crippen LogP contribution in [0, 0.1) is 0 Å². The van der Waals surface area contributed by atoms with Gasteiger partial charge >= 0.3 is 0 Å². The maximum absolute atomic E-state index is 11.9. The Bertz CT molecular complexity index is 551. The third kappa shape index (κ3) is 6.06. The van der Waals surface area contributed by atoms with E-state index >= 15 is 0 Å². The van der Waals surface area contributed by atoms with Crippen LogP contribution >= 0.6 is 34.8 Å². The van der Waals surface area contributed by atoms with Crippen LogP contribution in [0.25, 0.3) is 0 Å². The molecule has 0 aliphatic heterocycles. The highest BCUT2D eigenvalue weighted by molar-refractivity contribution is 6.67. The first-order valence-electron chi connectivity index (χ1n) is 6.33. The van der Waals surface area contributed by atoms with E-state index in [-0.39, 0.29) is 17.7 Å². The number of hydrogen-bond donors (Lipinski definition) is 0. The Morgan fingerprint density at radius 2 is 1.14 bits per heavy atom. The van der Waals surface area contributed by atoms with E-state index in [2.05, 4.69) is 0 Å². The van der Waals surface area contributed by atoms with Crippen molar-refractivity contribution in [3.63, 3.8) is 0 Å². The molecule has 0 bridgehead atoms. The van der Waals surface area contributed by atoms with Gasteiger partial charge in [-0.05, 0) is 35.9 Å². The molecule has 6 heteroatoms. The lowest BCUT2D eigenvalue weighted by atomic mass is 10.2. The maximum atomic E-state index is 11.9. The van der Waals surface area contributed by atoms with Crippen molar-refractivity contribution >= 4 is 57.3 Å². The molecule has 0 fully saturated rings. The number of hydrogen-bond acceptors (Lipinski definition) is 2. The SMILES string of the molecule is O=C(CCl)N(c1ccccc1)c1ccccc1.O=C(Cl)CCl. The van der Waals surface area contributed by atoms with Crippen LogP contribution in [0.1, 0.15) is 0 Å². The quantitative estimate of drug-likeness (QED) is 0.592. The average Bonchev–Trinajstić information content (AvgIpc) is 2.57. The van der Waals surface area contributed by atoms with Crippen molar-refractivity contribution in [2.24, 2.45) is 0 Å². The molecule has 116 valence electrons. The summed E-state index contributed by atoms with van der Waals surface area (Å²) in [4.78, 5) is 23.0. The van der Waals surface area contributed by atoms with Gasteiger partial charge in [0.05, 0.1) is 5.88 Å². The largest absolute Gasteiger partial charge is 0.280 e. The molecule has 0 aromatic heterocycles. The fraction of sp³-hybridized carbons (Fsp3) is 0.125. The molecular weight excluding hydrogens is 345 g/mol. The summed E-state index contributed by atoms with van der Waals surface area (Å²) in [5, 5.41) is -0.508. The van der Waals surface area contributed by atoms with Crippen molar-refractivity contribution in [1.29, 1.82) is 0 Å². The number of para-hydroxylation sites is 2. The Labute approximate surface area is 144 Å². The summed E-state index contributed by atoms with van der Waals surface area (Å²) in [6.07, 6.45) is 0. The topological polar surface area (TPSA) is 37.4 Å². The van der Waals surface area contributed by atoms with Crippen molar-refractivity contribution in [3.8, 4) is 0 Å². The molecule has 0 aliphatic carbocycles. The van der Waals surface area contributed by atoms with Crippen molar-refractivity contribution < 1.29 is 9.59 Å². The summed E-state index contributed by atoms with van der Waals surface area (Å²) in [5.74, 6) is -0.269. The van der Waals surface area contributed by atoms with Gasteiger partial charge in [0.15, 0.2) is 0 Å². The lowest BCUT2D eigenvalue weighted by molar-refractivity contribution is -0.115. The Kier molecular flexibility index (Phi) is 8.60. The summed E-state index contributed by atoms with van der Waals surface area (Å²) < 4.78 is 0. The van der Waals surface area contributed by atoms with Crippen LogP contribution in [0.2, 0.25) is 0 Å². The van der Waals surface area contributed by atoms with Crippen LogP contribution in [0.3, 0.4) is 0 Å². The normalized spacial score (nSPS) is 9.41. The van der Waals surface area contributed by atoms with Crippen LogP contribution < -0.4 is 4.90 Å². The average molecular weight is 359 g/mol. The molecule has 0 spiro atoms. The molecule has 2 rings (SSSR count). The van der Waals surface area contributed by atoms with Crippen LogP contribution in [-0.2, 0) is 9.59 Å². The lowest BCUT2D eigenvalue weighted by Gasteiger charge is -2.21. The Morgan fingerprint density at radius 3 is 1.41 bits per heavy atom. The second-order valence-corrected chi connectivity index (χ2v) is 4.98. The molecule has 0 aliphatic rings. The molecule has 22 heavy (non-hydrogen) atoms. The number of rotatable bonds is 4. The number of carbonyl (C=O) groups is 2. The minimum atomic E-state index is -0.508. The van der Waals surface area contributed by atoms with E-state index in [1.165, 1.54) is 0 Å². The number of carbonyl (C=O) groups excluding carboxylic acids is 2. The highest BCUT2D eigenvalue weighted by Crippen LogP contribution is 2.25. The number of amides is 1. The molecule has 0 radical (unpaired) electrons. The van der Waals surface area contributed by atoms with Gasteiger partial charge in [0.25, 0.3) is 0 Å². The zero-order chi connectivity index (χ0) is 16.4. The van der Waals surface area contributed by atoms with Gasteiger partial charge in [0.2, 0.25) is 11.1 Å². The van der Waals surface area contributed by atoms with Gasteiger partial charge in [-0.15, -0.1) is 23.2 Å². The van der Waals surface area contributed by atoms with Gasteiger partial charge in [-0.1, -0.05) is 36.4 Å². The fourth-order valence-electron chi connectivity index (χ4n) is 1.65. The Balaban J connectivity index is 0.000000422. The van der Waals surface area contributed by atoms with Gasteiger partial charge < -0.3 is 0 Å². The molecule has 0 unspecified atom stereocenters. The summed E-state index contributed by atoms with van der Waals surface area (Å²) in [5.41, 5.74) is 1.65. The summed E-state index contributed by atoms with van der Waals surface area (Å²) >= 11 is 15.2. The first-order valence-corrected chi connectivity index (χ1v) is 7.78. The highest BCUT2D eigenvalue weighted by atomic mass is 35.5. The molecule has 0 saturated heterocycles. The number of nitrogens with zero attached hydrogens (tertiary/aromatic N) is 1. The third-order valence-corrected chi connectivity index (χ3v) is 3.24. The van der Waals surface area contributed by atoms with E-state index in [1.54, 1.807) is 4.90 Å². The minimum absolute atomic E-state index is 0.0379. The van der Waals surface area contributed by atoms with Crippen LogP contribution in [0.5, 0.6) is 0 Å². The number of halogens is 3. The fourth-order valence-corrected chi connectivity index (χ4v) is 1.77. The monoisotopic (exact) mass is 357 g/mol. The van der Waals surface area contributed by atoms with E-state index in [0.717, 1.165) is 11.4 Å². The van der Waals surface area contributed by atoms with Gasteiger partial charge in [-0.3, -0.25) is 14.5 Å². The molecule has 0 heterocycles. The zero-order valence-corrected chi connectivity index (χ0v) is 13.9. The number of anilines is 2. The Hall–Kier alpha value is -1.55. The first-order chi connectivity index (χ1) is 10.6. The van der Waals surface area contributed by atoms with Crippen molar-refractivity contribution in [3.05, 3.63) is 60.7 Å².